The second-order valence-electron chi connectivity index (χ2n) is 6.08. The summed E-state index contributed by atoms with van der Waals surface area (Å²) in [6.07, 6.45) is 0. The average Bonchev–Trinajstić information content (AvgIpc) is 3.08. The molecule has 4 N–H and O–H groups in total. The van der Waals surface area contributed by atoms with Gasteiger partial charge in [0.2, 0.25) is 11.8 Å². The van der Waals surface area contributed by atoms with Crippen LogP contribution in [0, 0.1) is 0 Å². The maximum absolute atomic E-state index is 12.3. The summed E-state index contributed by atoms with van der Waals surface area (Å²) in [6, 6.07) is 1.13. The van der Waals surface area contributed by atoms with Crippen LogP contribution in [-0.2, 0) is 14.4 Å². The molecule has 1 aromatic rings. The fourth-order valence-electron chi connectivity index (χ4n) is 2.99. The van der Waals surface area contributed by atoms with E-state index in [1.165, 1.54) is 28.0 Å². The number of carbonyl (C=O) groups is 3. The molecule has 0 spiro atoms. The number of nitrogens with two attached hydrogens (primary N) is 1. The van der Waals surface area contributed by atoms with E-state index in [2.05, 4.69) is 5.32 Å². The minimum Gasteiger partial charge on any atom is -0.480 e. The van der Waals surface area contributed by atoms with Gasteiger partial charge in [0.1, 0.15) is 23.5 Å². The van der Waals surface area contributed by atoms with Crippen LogP contribution in [-0.4, -0.2) is 50.0 Å². The van der Waals surface area contributed by atoms with E-state index in [0.717, 1.165) is 0 Å². The van der Waals surface area contributed by atoms with Gasteiger partial charge in [0.05, 0.1) is 0 Å². The van der Waals surface area contributed by atoms with Gasteiger partial charge in [-0.25, -0.2) is 4.79 Å². The minimum atomic E-state index is -1.03. The molecule has 0 aromatic carbocycles. The maximum Gasteiger partial charge on any atom is 0.327 e. The van der Waals surface area contributed by atoms with Gasteiger partial charge >= 0.3 is 5.97 Å². The molecule has 124 valence electrons. The first-order chi connectivity index (χ1) is 10.7. The normalized spacial score (nSPS) is 29.6. The Bertz CT molecular complexity index is 661. The van der Waals surface area contributed by atoms with Crippen molar-refractivity contribution >= 4 is 40.9 Å². The number of carboxylic acid groups (broad SMARTS) is 1. The van der Waals surface area contributed by atoms with Gasteiger partial charge in [-0.15, -0.1) is 23.1 Å². The van der Waals surface area contributed by atoms with Gasteiger partial charge in [-0.1, -0.05) is 6.07 Å². The number of nitrogens with one attached hydrogen (secondary N) is 1. The Labute approximate surface area is 141 Å². The first kappa shape index (κ1) is 16.3. The molecule has 3 rings (SSSR count). The quantitative estimate of drug-likeness (QED) is 0.673. The van der Waals surface area contributed by atoms with Gasteiger partial charge in [-0.05, 0) is 25.3 Å². The molecule has 0 bridgehead atoms. The van der Waals surface area contributed by atoms with Crippen LogP contribution in [0.25, 0.3) is 0 Å². The Morgan fingerprint density at radius 2 is 2.17 bits per heavy atom. The van der Waals surface area contributed by atoms with Gasteiger partial charge in [0.15, 0.2) is 0 Å². The number of amides is 2. The van der Waals surface area contributed by atoms with Crippen LogP contribution in [0.5, 0.6) is 0 Å². The van der Waals surface area contributed by atoms with Crippen molar-refractivity contribution in [2.45, 2.75) is 42.1 Å². The molecule has 23 heavy (non-hydrogen) atoms. The average molecular weight is 355 g/mol. The van der Waals surface area contributed by atoms with E-state index < -0.39 is 34.7 Å². The molecule has 1 aromatic heterocycles. The molecule has 0 aliphatic carbocycles. The standard InChI is InChI=1S/C14H17N3O4S2/c1-14(2)9(13(20)21)17-11(19)8(12(17)23-14)16-10(18)7(15)6-4-3-5-22-6/h3-5,7-9,12H,15H2,1-2H3,(H,16,18)(H,20,21)/t7?,8-,9+,12-/m1/s1. The largest absolute Gasteiger partial charge is 0.480 e. The summed E-state index contributed by atoms with van der Waals surface area (Å²) >= 11 is 2.76. The highest BCUT2D eigenvalue weighted by molar-refractivity contribution is 8.01. The Hall–Kier alpha value is -1.58. The molecule has 2 saturated heterocycles. The van der Waals surface area contributed by atoms with E-state index in [0.29, 0.717) is 4.88 Å². The lowest BCUT2D eigenvalue weighted by atomic mass is 9.96. The predicted molar refractivity (Wildman–Crippen MR) is 86.9 cm³/mol. The summed E-state index contributed by atoms with van der Waals surface area (Å²) in [5, 5.41) is 13.5. The summed E-state index contributed by atoms with van der Waals surface area (Å²) in [5.41, 5.74) is 5.89. The third-order valence-corrected chi connectivity index (χ3v) is 6.63. The zero-order valence-electron chi connectivity index (χ0n) is 12.6. The maximum atomic E-state index is 12.3. The van der Waals surface area contributed by atoms with Crippen molar-refractivity contribution in [2.75, 3.05) is 0 Å². The fourth-order valence-corrected chi connectivity index (χ4v) is 5.34. The number of thioether (sulfide) groups is 1. The molecule has 3 heterocycles. The molecule has 2 fully saturated rings. The van der Waals surface area contributed by atoms with E-state index in [9.17, 15) is 19.5 Å². The first-order valence-electron chi connectivity index (χ1n) is 7.06. The van der Waals surface area contributed by atoms with Crippen molar-refractivity contribution in [1.29, 1.82) is 0 Å². The molecular formula is C14H17N3O4S2. The number of carbonyl (C=O) groups excluding carboxylic acids is 2. The summed E-state index contributed by atoms with van der Waals surface area (Å²) < 4.78 is -0.610. The topological polar surface area (TPSA) is 113 Å². The Balaban J connectivity index is 1.71. The zero-order valence-corrected chi connectivity index (χ0v) is 14.2. The van der Waals surface area contributed by atoms with Crippen molar-refractivity contribution in [1.82, 2.24) is 10.2 Å². The summed E-state index contributed by atoms with van der Waals surface area (Å²) in [6.45, 7) is 3.58. The van der Waals surface area contributed by atoms with Gasteiger partial charge in [0.25, 0.3) is 0 Å². The van der Waals surface area contributed by atoms with Crippen LogP contribution < -0.4 is 11.1 Å². The SMILES string of the molecule is CC1(C)S[C@@H]2[C@H](NC(=O)C(N)c3cccs3)C(=O)N2[C@H]1C(=O)O. The number of fused-ring (bicyclic) bond motifs is 1. The molecule has 9 heteroatoms. The monoisotopic (exact) mass is 355 g/mol. The molecule has 2 amide bonds. The number of aliphatic carboxylic acids is 1. The summed E-state index contributed by atoms with van der Waals surface area (Å²) in [4.78, 5) is 38.0. The van der Waals surface area contributed by atoms with Crippen LogP contribution in [0.15, 0.2) is 17.5 Å². The lowest BCUT2D eigenvalue weighted by Gasteiger charge is -2.43. The zero-order chi connectivity index (χ0) is 16.9. The highest BCUT2D eigenvalue weighted by atomic mass is 32.2. The number of β-lactam (4-membered cyclic amide) rings is 1. The van der Waals surface area contributed by atoms with Crippen molar-refractivity contribution < 1.29 is 19.5 Å². The predicted octanol–water partition coefficient (Wildman–Crippen LogP) is 0.380. The third kappa shape index (κ3) is 2.52. The Morgan fingerprint density at radius 3 is 2.74 bits per heavy atom. The number of carboxylic acids is 1. The molecule has 0 radical (unpaired) electrons. The number of rotatable bonds is 4. The van der Waals surface area contributed by atoms with Crippen LogP contribution in [0.1, 0.15) is 24.8 Å². The third-order valence-electron chi connectivity index (χ3n) is 4.10. The van der Waals surface area contributed by atoms with Crippen molar-refractivity contribution in [3.05, 3.63) is 22.4 Å². The lowest BCUT2D eigenvalue weighted by Crippen LogP contribution is -2.71. The van der Waals surface area contributed by atoms with E-state index in [1.807, 2.05) is 5.38 Å². The summed E-state index contributed by atoms with van der Waals surface area (Å²) in [7, 11) is 0. The van der Waals surface area contributed by atoms with Gasteiger partial charge in [-0.3, -0.25) is 9.59 Å². The molecule has 7 nitrogen and oxygen atoms in total. The number of nitrogens with zero attached hydrogens (tertiary/aromatic N) is 1. The molecular weight excluding hydrogens is 338 g/mol. The van der Waals surface area contributed by atoms with Crippen LogP contribution in [0.3, 0.4) is 0 Å². The van der Waals surface area contributed by atoms with E-state index >= 15 is 0 Å². The molecule has 2 aliphatic heterocycles. The van der Waals surface area contributed by atoms with Gasteiger partial charge in [0, 0.05) is 9.62 Å². The number of hydrogen-bond donors (Lipinski definition) is 3. The van der Waals surface area contributed by atoms with Gasteiger partial charge in [-0.2, -0.15) is 0 Å². The highest BCUT2D eigenvalue weighted by Gasteiger charge is 2.64. The summed E-state index contributed by atoms with van der Waals surface area (Å²) in [5.74, 6) is -1.83. The number of thiophene rings is 1. The smallest absolute Gasteiger partial charge is 0.327 e. The lowest BCUT2D eigenvalue weighted by molar-refractivity contribution is -0.161. The molecule has 4 atom stereocenters. The molecule has 0 saturated carbocycles. The first-order valence-corrected chi connectivity index (χ1v) is 8.82. The van der Waals surface area contributed by atoms with E-state index in [-0.39, 0.29) is 11.3 Å². The number of hydrogen-bond acceptors (Lipinski definition) is 6. The van der Waals surface area contributed by atoms with Crippen molar-refractivity contribution in [3.8, 4) is 0 Å². The highest BCUT2D eigenvalue weighted by Crippen LogP contribution is 2.50. The molecule has 1 unspecified atom stereocenters. The molecule has 2 aliphatic rings. The second kappa shape index (κ2) is 5.50. The van der Waals surface area contributed by atoms with Crippen LogP contribution in [0.4, 0.5) is 0 Å². The Kier molecular flexibility index (Phi) is 3.89. The van der Waals surface area contributed by atoms with Crippen LogP contribution >= 0.6 is 23.1 Å². The Morgan fingerprint density at radius 1 is 1.48 bits per heavy atom. The van der Waals surface area contributed by atoms with Gasteiger partial charge < -0.3 is 21.1 Å². The van der Waals surface area contributed by atoms with Crippen LogP contribution in [0.2, 0.25) is 0 Å². The fraction of sp³-hybridized carbons (Fsp3) is 0.500. The van der Waals surface area contributed by atoms with Crippen molar-refractivity contribution in [3.63, 3.8) is 0 Å². The van der Waals surface area contributed by atoms with Crippen molar-refractivity contribution in [2.24, 2.45) is 5.73 Å². The van der Waals surface area contributed by atoms with E-state index in [1.54, 1.807) is 26.0 Å². The minimum absolute atomic E-state index is 0.363. The second-order valence-corrected chi connectivity index (χ2v) is 8.83. The van der Waals surface area contributed by atoms with E-state index in [4.69, 9.17) is 5.73 Å².